The molecule has 0 saturated heterocycles. The lowest BCUT2D eigenvalue weighted by Crippen LogP contribution is -2.26. The molecule has 2 aromatic carbocycles. The van der Waals surface area contributed by atoms with Crippen molar-refractivity contribution in [2.45, 2.75) is 53.0 Å². The fraction of sp³-hybridized carbons (Fsp3) is 0.276. The predicted molar refractivity (Wildman–Crippen MR) is 145 cm³/mol. The highest BCUT2D eigenvalue weighted by molar-refractivity contribution is 5.77. The van der Waals surface area contributed by atoms with Gasteiger partial charge in [-0.3, -0.25) is 14.1 Å². The van der Waals surface area contributed by atoms with Crippen LogP contribution in [0.2, 0.25) is 0 Å². The fourth-order valence-corrected chi connectivity index (χ4v) is 4.89. The van der Waals surface area contributed by atoms with Gasteiger partial charge in [0.1, 0.15) is 5.69 Å². The van der Waals surface area contributed by atoms with Crippen molar-refractivity contribution in [3.8, 4) is 28.3 Å². The Hall–Kier alpha value is -4.33. The summed E-state index contributed by atoms with van der Waals surface area (Å²) in [7, 11) is 0. The first kappa shape index (κ1) is 24.4. The molecule has 0 bridgehead atoms. The predicted octanol–water partition coefficient (Wildman–Crippen LogP) is 5.01. The average molecular weight is 494 g/mol. The van der Waals surface area contributed by atoms with Gasteiger partial charge in [-0.15, -0.1) is 10.2 Å². The summed E-state index contributed by atoms with van der Waals surface area (Å²) in [5.41, 5.74) is 8.14. The standard InChI is InChI=1S/C29H31N7O/c1-4-9-24-19-36(27-21(5-2)10-7-11-22(27)6-3)29(37)35(24)18-20-13-15-23(16-14-20)25-12-8-17-30-26(25)28-31-33-34-32-28/h7-8,10-17,19H,4-6,9,18H2,1-3H3,(H,31,32,33,34). The third kappa shape index (κ3) is 4.74. The molecule has 0 spiro atoms. The lowest BCUT2D eigenvalue weighted by atomic mass is 10.0. The van der Waals surface area contributed by atoms with Crippen LogP contribution >= 0.6 is 0 Å². The number of aromatic amines is 1. The first-order valence-electron chi connectivity index (χ1n) is 12.8. The molecule has 0 aliphatic carbocycles. The minimum atomic E-state index is 0.00905. The topological polar surface area (TPSA) is 94.3 Å². The second kappa shape index (κ2) is 10.7. The second-order valence-corrected chi connectivity index (χ2v) is 9.07. The van der Waals surface area contributed by atoms with Crippen LogP contribution in [0.4, 0.5) is 0 Å². The Kier molecular flexibility index (Phi) is 7.07. The Morgan fingerprint density at radius 3 is 2.32 bits per heavy atom. The zero-order chi connectivity index (χ0) is 25.8. The number of benzene rings is 2. The molecule has 188 valence electrons. The summed E-state index contributed by atoms with van der Waals surface area (Å²) in [6.07, 6.45) is 7.34. The normalized spacial score (nSPS) is 11.2. The van der Waals surface area contributed by atoms with E-state index in [1.165, 1.54) is 11.1 Å². The Balaban J connectivity index is 1.51. The molecule has 0 radical (unpaired) electrons. The van der Waals surface area contributed by atoms with Gasteiger partial charge in [0.05, 0.1) is 12.2 Å². The van der Waals surface area contributed by atoms with Gasteiger partial charge in [0.2, 0.25) is 5.82 Å². The first-order chi connectivity index (χ1) is 18.1. The summed E-state index contributed by atoms with van der Waals surface area (Å²) in [6, 6.07) is 18.5. The largest absolute Gasteiger partial charge is 0.333 e. The maximum Gasteiger partial charge on any atom is 0.333 e. The minimum absolute atomic E-state index is 0.00905. The lowest BCUT2D eigenvalue weighted by Gasteiger charge is -2.13. The van der Waals surface area contributed by atoms with E-state index in [0.717, 1.165) is 53.8 Å². The van der Waals surface area contributed by atoms with Crippen LogP contribution < -0.4 is 5.69 Å². The fourth-order valence-electron chi connectivity index (χ4n) is 4.89. The van der Waals surface area contributed by atoms with Gasteiger partial charge in [-0.1, -0.05) is 75.7 Å². The van der Waals surface area contributed by atoms with E-state index in [9.17, 15) is 4.79 Å². The molecule has 5 rings (SSSR count). The van der Waals surface area contributed by atoms with Crippen molar-refractivity contribution >= 4 is 0 Å². The van der Waals surface area contributed by atoms with Crippen LogP contribution in [-0.4, -0.2) is 34.7 Å². The second-order valence-electron chi connectivity index (χ2n) is 9.07. The molecular weight excluding hydrogens is 462 g/mol. The molecule has 1 N–H and O–H groups in total. The molecule has 0 saturated carbocycles. The zero-order valence-corrected chi connectivity index (χ0v) is 21.5. The highest BCUT2D eigenvalue weighted by atomic mass is 16.1. The van der Waals surface area contributed by atoms with E-state index in [1.807, 2.05) is 27.5 Å². The Bertz CT molecular complexity index is 1520. The van der Waals surface area contributed by atoms with Crippen molar-refractivity contribution in [2.75, 3.05) is 0 Å². The molecule has 0 unspecified atom stereocenters. The van der Waals surface area contributed by atoms with Crippen LogP contribution in [0.3, 0.4) is 0 Å². The van der Waals surface area contributed by atoms with E-state index in [-0.39, 0.29) is 5.69 Å². The molecule has 0 atom stereocenters. The van der Waals surface area contributed by atoms with Gasteiger partial charge in [-0.25, -0.2) is 4.79 Å². The van der Waals surface area contributed by atoms with Crippen molar-refractivity contribution in [1.29, 1.82) is 0 Å². The van der Waals surface area contributed by atoms with Crippen molar-refractivity contribution < 1.29 is 0 Å². The van der Waals surface area contributed by atoms with Crippen LogP contribution in [0.15, 0.2) is 71.8 Å². The van der Waals surface area contributed by atoms with Crippen LogP contribution in [0.25, 0.3) is 28.3 Å². The third-order valence-electron chi connectivity index (χ3n) is 6.74. The number of nitrogens with zero attached hydrogens (tertiary/aromatic N) is 6. The van der Waals surface area contributed by atoms with Crippen LogP contribution in [-0.2, 0) is 25.8 Å². The molecule has 0 amide bonds. The summed E-state index contributed by atoms with van der Waals surface area (Å²) in [5.74, 6) is 0.454. The number of imidazole rings is 1. The molecular formula is C29H31N7O. The number of pyridine rings is 1. The molecule has 0 aliphatic rings. The Labute approximate surface area is 216 Å². The number of H-pyrrole nitrogens is 1. The average Bonchev–Trinajstić information content (AvgIpc) is 3.58. The van der Waals surface area contributed by atoms with E-state index in [0.29, 0.717) is 18.1 Å². The van der Waals surface area contributed by atoms with Gasteiger partial charge < -0.3 is 0 Å². The van der Waals surface area contributed by atoms with Crippen molar-refractivity contribution in [3.05, 3.63) is 99.9 Å². The van der Waals surface area contributed by atoms with Gasteiger partial charge in [0, 0.05) is 23.7 Å². The quantitative estimate of drug-likeness (QED) is 0.312. The number of hydrogen-bond acceptors (Lipinski definition) is 5. The molecule has 3 heterocycles. The van der Waals surface area contributed by atoms with Gasteiger partial charge in [0.15, 0.2) is 0 Å². The van der Waals surface area contributed by atoms with Gasteiger partial charge in [-0.05, 0) is 52.8 Å². The number of rotatable bonds is 9. The molecule has 37 heavy (non-hydrogen) atoms. The number of para-hydroxylation sites is 1. The summed E-state index contributed by atoms with van der Waals surface area (Å²) in [6.45, 7) is 6.94. The van der Waals surface area contributed by atoms with E-state index in [1.54, 1.807) is 6.20 Å². The van der Waals surface area contributed by atoms with Gasteiger partial charge in [-0.2, -0.15) is 5.21 Å². The molecule has 3 aromatic heterocycles. The van der Waals surface area contributed by atoms with E-state index >= 15 is 0 Å². The summed E-state index contributed by atoms with van der Waals surface area (Å²) in [5, 5.41) is 14.3. The molecule has 0 aliphatic heterocycles. The number of nitrogens with one attached hydrogen (secondary N) is 1. The number of aryl methyl sites for hydroxylation is 3. The molecule has 0 fully saturated rings. The maximum absolute atomic E-state index is 13.8. The van der Waals surface area contributed by atoms with Gasteiger partial charge in [0.25, 0.3) is 0 Å². The van der Waals surface area contributed by atoms with Crippen LogP contribution in [0, 0.1) is 0 Å². The smallest absolute Gasteiger partial charge is 0.292 e. The van der Waals surface area contributed by atoms with Crippen LogP contribution in [0.1, 0.15) is 49.6 Å². The van der Waals surface area contributed by atoms with Crippen molar-refractivity contribution in [3.63, 3.8) is 0 Å². The highest BCUT2D eigenvalue weighted by Crippen LogP contribution is 2.28. The molecule has 5 aromatic rings. The lowest BCUT2D eigenvalue weighted by molar-refractivity contribution is 0.690. The third-order valence-corrected chi connectivity index (χ3v) is 6.74. The van der Waals surface area contributed by atoms with E-state index < -0.39 is 0 Å². The van der Waals surface area contributed by atoms with E-state index in [2.05, 4.69) is 88.8 Å². The van der Waals surface area contributed by atoms with Crippen molar-refractivity contribution in [1.82, 2.24) is 34.7 Å². The molecule has 8 nitrogen and oxygen atoms in total. The number of hydrogen-bond donors (Lipinski definition) is 1. The number of aromatic nitrogens is 7. The maximum atomic E-state index is 13.8. The first-order valence-corrected chi connectivity index (χ1v) is 12.8. The zero-order valence-electron chi connectivity index (χ0n) is 21.5. The minimum Gasteiger partial charge on any atom is -0.292 e. The van der Waals surface area contributed by atoms with Crippen molar-refractivity contribution in [2.24, 2.45) is 0 Å². The summed E-state index contributed by atoms with van der Waals surface area (Å²) < 4.78 is 3.78. The Morgan fingerprint density at radius 1 is 0.919 bits per heavy atom. The summed E-state index contributed by atoms with van der Waals surface area (Å²) in [4.78, 5) is 18.2. The number of tetrazole rings is 1. The SMILES string of the molecule is CCCc1cn(-c2c(CC)cccc2CC)c(=O)n1Cc1ccc(-c2cccnc2-c2nn[nH]n2)cc1. The highest BCUT2D eigenvalue weighted by Gasteiger charge is 2.17. The monoisotopic (exact) mass is 493 g/mol. The summed E-state index contributed by atoms with van der Waals surface area (Å²) >= 11 is 0. The van der Waals surface area contributed by atoms with E-state index in [4.69, 9.17) is 0 Å². The van der Waals surface area contributed by atoms with Gasteiger partial charge >= 0.3 is 5.69 Å². The van der Waals surface area contributed by atoms with Crippen LogP contribution in [0.5, 0.6) is 0 Å². The Morgan fingerprint density at radius 2 is 1.68 bits per heavy atom. The molecule has 8 heteroatoms.